The fourth-order valence-electron chi connectivity index (χ4n) is 2.40. The molecule has 98 valence electrons. The third kappa shape index (κ3) is 2.79. The zero-order valence-electron chi connectivity index (χ0n) is 10.3. The number of halogens is 1. The predicted octanol–water partition coefficient (Wildman–Crippen LogP) is 3.20. The van der Waals surface area contributed by atoms with Gasteiger partial charge in [0.2, 0.25) is 0 Å². The number of rotatable bonds is 3. The molecule has 2 aromatic rings. The molecule has 0 aliphatic carbocycles. The third-order valence-electron chi connectivity index (χ3n) is 3.48. The van der Waals surface area contributed by atoms with E-state index in [1.165, 1.54) is 24.2 Å². The summed E-state index contributed by atoms with van der Waals surface area (Å²) in [5, 5.41) is 3.54. The molecule has 0 atom stereocenters. The molecule has 0 amide bonds. The maximum absolute atomic E-state index is 5.37. The van der Waals surface area contributed by atoms with Gasteiger partial charge in [-0.05, 0) is 43.0 Å². The molecule has 0 saturated carbocycles. The summed E-state index contributed by atoms with van der Waals surface area (Å²) in [5.74, 6) is 1.94. The standard InChI is InChI=1S/C14H18N2O.ClH/c1-2-8-16-13(3-1)4-5-14(16)15-11-12-6-9-17-10-7-12;/h1-5,8,12,15H,6-7,9-11H2;1H. The number of nitrogens with one attached hydrogen (secondary N) is 1. The van der Waals surface area contributed by atoms with E-state index >= 15 is 0 Å². The minimum atomic E-state index is 0. The summed E-state index contributed by atoms with van der Waals surface area (Å²) >= 11 is 0. The highest BCUT2D eigenvalue weighted by Crippen LogP contribution is 2.18. The van der Waals surface area contributed by atoms with Gasteiger partial charge in [0.25, 0.3) is 0 Å². The molecule has 2 aromatic heterocycles. The molecule has 18 heavy (non-hydrogen) atoms. The first-order valence-electron chi connectivity index (χ1n) is 6.31. The highest BCUT2D eigenvalue weighted by Gasteiger charge is 2.13. The Balaban J connectivity index is 0.00000120. The van der Waals surface area contributed by atoms with Crippen molar-refractivity contribution < 1.29 is 4.74 Å². The molecule has 1 N–H and O–H groups in total. The van der Waals surface area contributed by atoms with E-state index in [1.54, 1.807) is 0 Å². The van der Waals surface area contributed by atoms with Gasteiger partial charge < -0.3 is 14.5 Å². The third-order valence-corrected chi connectivity index (χ3v) is 3.48. The van der Waals surface area contributed by atoms with Crippen LogP contribution in [0.5, 0.6) is 0 Å². The molecule has 1 aliphatic rings. The lowest BCUT2D eigenvalue weighted by molar-refractivity contribution is 0.0699. The summed E-state index contributed by atoms with van der Waals surface area (Å²) in [5.41, 5.74) is 1.24. The first kappa shape index (κ1) is 13.2. The lowest BCUT2D eigenvalue weighted by atomic mass is 10.0. The monoisotopic (exact) mass is 266 g/mol. The van der Waals surface area contributed by atoms with Crippen LogP contribution >= 0.6 is 12.4 Å². The van der Waals surface area contributed by atoms with E-state index in [0.29, 0.717) is 0 Å². The van der Waals surface area contributed by atoms with Crippen molar-refractivity contribution in [2.24, 2.45) is 5.92 Å². The van der Waals surface area contributed by atoms with Crippen LogP contribution in [0.4, 0.5) is 5.82 Å². The van der Waals surface area contributed by atoms with E-state index in [1.807, 2.05) is 0 Å². The summed E-state index contributed by atoms with van der Waals surface area (Å²) in [6.45, 7) is 2.88. The number of pyridine rings is 1. The molecule has 3 rings (SSSR count). The Bertz CT molecular complexity index is 491. The van der Waals surface area contributed by atoms with Gasteiger partial charge in [-0.2, -0.15) is 0 Å². The zero-order chi connectivity index (χ0) is 11.5. The van der Waals surface area contributed by atoms with Crippen molar-refractivity contribution in [3.05, 3.63) is 36.5 Å². The Hall–Kier alpha value is -1.19. The Morgan fingerprint density at radius 2 is 2.00 bits per heavy atom. The molecule has 1 aliphatic heterocycles. The van der Waals surface area contributed by atoms with Crippen LogP contribution in [-0.2, 0) is 4.74 Å². The quantitative estimate of drug-likeness (QED) is 0.923. The molecule has 1 saturated heterocycles. The molecule has 3 nitrogen and oxygen atoms in total. The normalized spacial score (nSPS) is 16.4. The Labute approximate surface area is 114 Å². The number of hydrogen-bond donors (Lipinski definition) is 1. The number of aromatic nitrogens is 1. The van der Waals surface area contributed by atoms with Crippen LogP contribution in [0.25, 0.3) is 5.52 Å². The number of anilines is 1. The van der Waals surface area contributed by atoms with Crippen molar-refractivity contribution in [1.29, 1.82) is 0 Å². The average Bonchev–Trinajstić information content (AvgIpc) is 2.81. The van der Waals surface area contributed by atoms with E-state index in [4.69, 9.17) is 4.74 Å². The molecule has 4 heteroatoms. The first-order chi connectivity index (χ1) is 8.43. The van der Waals surface area contributed by atoms with E-state index in [-0.39, 0.29) is 12.4 Å². The van der Waals surface area contributed by atoms with Crippen molar-refractivity contribution in [2.45, 2.75) is 12.8 Å². The molecule has 0 unspecified atom stereocenters. The zero-order valence-corrected chi connectivity index (χ0v) is 11.2. The van der Waals surface area contributed by atoms with Gasteiger partial charge in [0.1, 0.15) is 5.82 Å². The van der Waals surface area contributed by atoms with Crippen molar-refractivity contribution in [3.63, 3.8) is 0 Å². The molecule has 0 spiro atoms. The summed E-state index contributed by atoms with van der Waals surface area (Å²) < 4.78 is 7.57. The van der Waals surface area contributed by atoms with E-state index < -0.39 is 0 Å². The van der Waals surface area contributed by atoms with Gasteiger partial charge >= 0.3 is 0 Å². The maximum atomic E-state index is 5.37. The maximum Gasteiger partial charge on any atom is 0.110 e. The molecule has 3 heterocycles. The van der Waals surface area contributed by atoms with Crippen LogP contribution in [0.1, 0.15) is 12.8 Å². The minimum Gasteiger partial charge on any atom is -0.381 e. The average molecular weight is 267 g/mol. The van der Waals surface area contributed by atoms with Crippen LogP contribution < -0.4 is 5.32 Å². The number of hydrogen-bond acceptors (Lipinski definition) is 2. The highest BCUT2D eigenvalue weighted by atomic mass is 35.5. The largest absolute Gasteiger partial charge is 0.381 e. The second-order valence-corrected chi connectivity index (χ2v) is 4.65. The summed E-state index contributed by atoms with van der Waals surface area (Å²) in [4.78, 5) is 0. The molecule has 0 aromatic carbocycles. The van der Waals surface area contributed by atoms with Gasteiger partial charge in [0.05, 0.1) is 0 Å². The van der Waals surface area contributed by atoms with Gasteiger partial charge in [0, 0.05) is 31.5 Å². The Morgan fingerprint density at radius 3 is 2.83 bits per heavy atom. The van der Waals surface area contributed by atoms with Crippen molar-refractivity contribution in [1.82, 2.24) is 4.40 Å². The lowest BCUT2D eigenvalue weighted by Crippen LogP contribution is -2.22. The van der Waals surface area contributed by atoms with Gasteiger partial charge in [-0.1, -0.05) is 6.07 Å². The smallest absolute Gasteiger partial charge is 0.110 e. The SMILES string of the molecule is Cl.c1ccn2c(NCC3CCOCC3)ccc2c1. The van der Waals surface area contributed by atoms with Gasteiger partial charge in [-0.25, -0.2) is 0 Å². The summed E-state index contributed by atoms with van der Waals surface area (Å²) in [6, 6.07) is 10.5. The topological polar surface area (TPSA) is 25.7 Å². The van der Waals surface area contributed by atoms with Crippen LogP contribution in [0, 0.1) is 5.92 Å². The summed E-state index contributed by atoms with van der Waals surface area (Å²) in [6.07, 6.45) is 4.45. The number of ether oxygens (including phenoxy) is 1. The molecule has 0 radical (unpaired) electrons. The molecular weight excluding hydrogens is 248 g/mol. The fraction of sp³-hybridized carbons (Fsp3) is 0.429. The molecule has 1 fully saturated rings. The van der Waals surface area contributed by atoms with E-state index in [2.05, 4.69) is 46.2 Å². The van der Waals surface area contributed by atoms with Crippen LogP contribution in [0.2, 0.25) is 0 Å². The Kier molecular flexibility index (Phi) is 4.50. The van der Waals surface area contributed by atoms with E-state index in [0.717, 1.165) is 25.7 Å². The van der Waals surface area contributed by atoms with Gasteiger partial charge in [-0.15, -0.1) is 12.4 Å². The second kappa shape index (κ2) is 6.12. The first-order valence-corrected chi connectivity index (χ1v) is 6.31. The molecule has 0 bridgehead atoms. The van der Waals surface area contributed by atoms with E-state index in [9.17, 15) is 0 Å². The van der Waals surface area contributed by atoms with Crippen LogP contribution in [-0.4, -0.2) is 24.2 Å². The number of nitrogens with zero attached hydrogens (tertiary/aromatic N) is 1. The predicted molar refractivity (Wildman–Crippen MR) is 76.7 cm³/mol. The fourth-order valence-corrected chi connectivity index (χ4v) is 2.40. The highest BCUT2D eigenvalue weighted by molar-refractivity contribution is 5.85. The van der Waals surface area contributed by atoms with Gasteiger partial charge in [0.15, 0.2) is 0 Å². The van der Waals surface area contributed by atoms with Crippen molar-refractivity contribution >= 4 is 23.7 Å². The van der Waals surface area contributed by atoms with Gasteiger partial charge in [-0.3, -0.25) is 0 Å². The molecular formula is C14H19ClN2O. The van der Waals surface area contributed by atoms with Crippen LogP contribution in [0.3, 0.4) is 0 Å². The summed E-state index contributed by atoms with van der Waals surface area (Å²) in [7, 11) is 0. The van der Waals surface area contributed by atoms with Crippen molar-refractivity contribution in [2.75, 3.05) is 25.1 Å². The number of fused-ring (bicyclic) bond motifs is 1. The van der Waals surface area contributed by atoms with Crippen molar-refractivity contribution in [3.8, 4) is 0 Å². The lowest BCUT2D eigenvalue weighted by Gasteiger charge is -2.22. The Morgan fingerprint density at radius 1 is 1.17 bits per heavy atom. The van der Waals surface area contributed by atoms with Crippen LogP contribution in [0.15, 0.2) is 36.5 Å². The minimum absolute atomic E-state index is 0. The second-order valence-electron chi connectivity index (χ2n) is 4.65.